The number of rotatable bonds is 5. The van der Waals surface area contributed by atoms with Gasteiger partial charge in [-0.05, 0) is 38.5 Å². The van der Waals surface area contributed by atoms with Gasteiger partial charge in [0.15, 0.2) is 0 Å². The maximum absolute atomic E-state index is 13.8. The molecule has 0 amide bonds. The first-order valence-corrected chi connectivity index (χ1v) is 8.02. The lowest BCUT2D eigenvalue weighted by Crippen LogP contribution is -2.05. The third-order valence-electron chi connectivity index (χ3n) is 4.32. The highest BCUT2D eigenvalue weighted by atomic mass is 19.1. The predicted molar refractivity (Wildman–Crippen MR) is 92.5 cm³/mol. The number of benzene rings is 1. The fourth-order valence-electron chi connectivity index (χ4n) is 2.78. The van der Waals surface area contributed by atoms with Crippen molar-refractivity contribution in [1.29, 1.82) is 0 Å². The molecule has 0 aliphatic rings. The van der Waals surface area contributed by atoms with Crippen LogP contribution in [0.2, 0.25) is 0 Å². The maximum atomic E-state index is 13.8. The highest BCUT2D eigenvalue weighted by Crippen LogP contribution is 2.30. The molecule has 3 aromatic rings. The molecule has 0 saturated carbocycles. The minimum absolute atomic E-state index is 0.0488. The molecule has 2 aromatic heterocycles. The summed E-state index contributed by atoms with van der Waals surface area (Å²) in [5.74, 6) is -0.923. The lowest BCUT2D eigenvalue weighted by molar-refractivity contribution is 0.287. The van der Waals surface area contributed by atoms with Gasteiger partial charge in [0, 0.05) is 29.3 Å². The Labute approximate surface area is 144 Å². The van der Waals surface area contributed by atoms with Gasteiger partial charge in [-0.25, -0.2) is 8.78 Å². The number of halogens is 2. The van der Waals surface area contributed by atoms with Crippen LogP contribution < -0.4 is 4.74 Å². The molecule has 0 aliphatic heterocycles. The molecule has 0 bridgehead atoms. The van der Waals surface area contributed by atoms with Crippen LogP contribution in [0, 0.1) is 25.5 Å². The average Bonchev–Trinajstić information content (AvgIpc) is 2.84. The Kier molecular flexibility index (Phi) is 4.79. The minimum Gasteiger partial charge on any atom is -0.470 e. The van der Waals surface area contributed by atoms with Gasteiger partial charge in [-0.3, -0.25) is 0 Å². The molecule has 0 atom stereocenters. The summed E-state index contributed by atoms with van der Waals surface area (Å²) in [5, 5.41) is 9.03. The Balaban J connectivity index is 1.99. The standard InChI is InChI=1S/C19H19F2N3O/c1-4-5-8-24-13(3)12(2)16-10-22-23-19(18(16)24)25-11-14-6-7-15(20)9-17(14)21/h4-7,9-10H,8,11H2,1-3H3/b5-4+. The number of aryl methyl sites for hydroxylation is 1. The van der Waals surface area contributed by atoms with Crippen LogP contribution in [0.3, 0.4) is 0 Å². The number of fused-ring (bicyclic) bond motifs is 1. The van der Waals surface area contributed by atoms with Crippen LogP contribution in [0.1, 0.15) is 23.7 Å². The van der Waals surface area contributed by atoms with E-state index in [4.69, 9.17) is 4.74 Å². The Bertz CT molecular complexity index is 947. The van der Waals surface area contributed by atoms with E-state index in [-0.39, 0.29) is 12.2 Å². The van der Waals surface area contributed by atoms with Crippen molar-refractivity contribution < 1.29 is 13.5 Å². The zero-order valence-electron chi connectivity index (χ0n) is 14.4. The van der Waals surface area contributed by atoms with Gasteiger partial charge in [0.2, 0.25) is 0 Å². The van der Waals surface area contributed by atoms with Crippen LogP contribution in [0.15, 0.2) is 36.5 Å². The molecule has 0 aliphatic carbocycles. The van der Waals surface area contributed by atoms with E-state index < -0.39 is 11.6 Å². The zero-order chi connectivity index (χ0) is 18.0. The third kappa shape index (κ3) is 3.24. The number of hydrogen-bond acceptors (Lipinski definition) is 3. The quantitative estimate of drug-likeness (QED) is 0.641. The van der Waals surface area contributed by atoms with E-state index in [1.807, 2.05) is 32.9 Å². The molecule has 0 fully saturated rings. The van der Waals surface area contributed by atoms with Gasteiger partial charge in [0.05, 0.1) is 6.20 Å². The van der Waals surface area contributed by atoms with Gasteiger partial charge in [0.1, 0.15) is 23.8 Å². The molecular formula is C19H19F2N3O. The lowest BCUT2D eigenvalue weighted by Gasteiger charge is -2.10. The average molecular weight is 343 g/mol. The summed E-state index contributed by atoms with van der Waals surface area (Å²) in [6.07, 6.45) is 5.72. The van der Waals surface area contributed by atoms with E-state index >= 15 is 0 Å². The molecule has 1 aromatic carbocycles. The van der Waals surface area contributed by atoms with E-state index in [2.05, 4.69) is 14.8 Å². The number of hydrogen-bond donors (Lipinski definition) is 0. The number of aromatic nitrogens is 3. The van der Waals surface area contributed by atoms with E-state index in [9.17, 15) is 8.78 Å². The summed E-state index contributed by atoms with van der Waals surface area (Å²) >= 11 is 0. The highest BCUT2D eigenvalue weighted by molar-refractivity contribution is 5.88. The van der Waals surface area contributed by atoms with Crippen molar-refractivity contribution in [3.63, 3.8) is 0 Å². The summed E-state index contributed by atoms with van der Waals surface area (Å²) in [6.45, 7) is 6.64. The van der Waals surface area contributed by atoms with E-state index in [1.165, 1.54) is 12.1 Å². The predicted octanol–water partition coefficient (Wildman–Crippen LogP) is 4.48. The Morgan fingerprint density at radius 1 is 1.24 bits per heavy atom. The Morgan fingerprint density at radius 3 is 2.76 bits per heavy atom. The van der Waals surface area contributed by atoms with Crippen molar-refractivity contribution in [3.05, 3.63) is 65.0 Å². The number of nitrogens with zero attached hydrogens (tertiary/aromatic N) is 3. The van der Waals surface area contributed by atoms with Crippen LogP contribution in [0.4, 0.5) is 8.78 Å². The summed E-state index contributed by atoms with van der Waals surface area (Å²) < 4.78 is 34.7. The molecular weight excluding hydrogens is 324 g/mol. The van der Waals surface area contributed by atoms with Crippen molar-refractivity contribution in [2.45, 2.75) is 33.9 Å². The monoisotopic (exact) mass is 343 g/mol. The van der Waals surface area contributed by atoms with Crippen molar-refractivity contribution in [2.24, 2.45) is 0 Å². The van der Waals surface area contributed by atoms with Crippen molar-refractivity contribution in [3.8, 4) is 5.88 Å². The normalized spacial score (nSPS) is 11.6. The van der Waals surface area contributed by atoms with Crippen LogP contribution in [-0.4, -0.2) is 14.8 Å². The van der Waals surface area contributed by atoms with Gasteiger partial charge < -0.3 is 9.30 Å². The molecule has 130 valence electrons. The van der Waals surface area contributed by atoms with E-state index in [0.717, 1.165) is 28.2 Å². The van der Waals surface area contributed by atoms with Crippen LogP contribution in [0.25, 0.3) is 10.9 Å². The second-order valence-corrected chi connectivity index (χ2v) is 5.83. The highest BCUT2D eigenvalue weighted by Gasteiger charge is 2.17. The molecule has 0 radical (unpaired) electrons. The van der Waals surface area contributed by atoms with Crippen molar-refractivity contribution >= 4 is 10.9 Å². The number of ether oxygens (including phenoxy) is 1. The smallest absolute Gasteiger partial charge is 0.258 e. The molecule has 6 heteroatoms. The second-order valence-electron chi connectivity index (χ2n) is 5.83. The third-order valence-corrected chi connectivity index (χ3v) is 4.32. The molecule has 0 N–H and O–H groups in total. The van der Waals surface area contributed by atoms with Crippen LogP contribution in [0.5, 0.6) is 5.88 Å². The lowest BCUT2D eigenvalue weighted by atomic mass is 10.2. The second kappa shape index (κ2) is 7.01. The van der Waals surface area contributed by atoms with Crippen molar-refractivity contribution in [1.82, 2.24) is 14.8 Å². The summed E-state index contributed by atoms with van der Waals surface area (Å²) in [6, 6.07) is 3.42. The fraction of sp³-hybridized carbons (Fsp3) is 0.263. The van der Waals surface area contributed by atoms with Crippen LogP contribution >= 0.6 is 0 Å². The SMILES string of the molecule is C/C=C/Cn1c(C)c(C)c2cnnc(OCc3ccc(F)cc3F)c21. The van der Waals surface area contributed by atoms with Gasteiger partial charge >= 0.3 is 0 Å². The summed E-state index contributed by atoms with van der Waals surface area (Å²) in [7, 11) is 0. The molecule has 0 saturated heterocycles. The molecule has 25 heavy (non-hydrogen) atoms. The summed E-state index contributed by atoms with van der Waals surface area (Å²) in [4.78, 5) is 0. The Morgan fingerprint density at radius 2 is 2.04 bits per heavy atom. The van der Waals surface area contributed by atoms with Gasteiger partial charge in [-0.15, -0.1) is 5.10 Å². The van der Waals surface area contributed by atoms with E-state index in [1.54, 1.807) is 6.20 Å². The molecule has 2 heterocycles. The maximum Gasteiger partial charge on any atom is 0.258 e. The first-order chi connectivity index (χ1) is 12.0. The fourth-order valence-corrected chi connectivity index (χ4v) is 2.78. The van der Waals surface area contributed by atoms with Gasteiger partial charge in [-0.2, -0.15) is 5.10 Å². The zero-order valence-corrected chi connectivity index (χ0v) is 14.4. The molecule has 3 rings (SSSR count). The molecule has 0 spiro atoms. The topological polar surface area (TPSA) is 39.9 Å². The molecule has 4 nitrogen and oxygen atoms in total. The Hall–Kier alpha value is -2.76. The van der Waals surface area contributed by atoms with Crippen molar-refractivity contribution in [2.75, 3.05) is 0 Å². The molecule has 0 unspecified atom stereocenters. The first-order valence-electron chi connectivity index (χ1n) is 8.02. The minimum atomic E-state index is -0.642. The first kappa shape index (κ1) is 17.1. The van der Waals surface area contributed by atoms with E-state index in [0.29, 0.717) is 12.4 Å². The van der Waals surface area contributed by atoms with Gasteiger partial charge in [0.25, 0.3) is 5.88 Å². The largest absolute Gasteiger partial charge is 0.470 e. The van der Waals surface area contributed by atoms with Crippen LogP contribution in [-0.2, 0) is 13.2 Å². The number of allylic oxidation sites excluding steroid dienone is 2. The van der Waals surface area contributed by atoms with Gasteiger partial charge in [-0.1, -0.05) is 12.2 Å². The summed E-state index contributed by atoms with van der Waals surface area (Å²) in [5.41, 5.74) is 3.29.